The number of ether oxygens (including phenoxy) is 1. The topological polar surface area (TPSA) is 82.2 Å². The Morgan fingerprint density at radius 3 is 2.78 bits per heavy atom. The van der Waals surface area contributed by atoms with Crippen LogP contribution in [0, 0.1) is 5.92 Å². The molecule has 32 heavy (non-hydrogen) atoms. The summed E-state index contributed by atoms with van der Waals surface area (Å²) < 4.78 is 5.58. The van der Waals surface area contributed by atoms with E-state index in [9.17, 15) is 14.4 Å². The number of carbonyl (C=O) groups excluding carboxylic acids is 3. The second-order valence-electron chi connectivity index (χ2n) is 9.64. The number of imide groups is 1. The minimum Gasteiger partial charge on any atom is -0.493 e. The Hall–Kier alpha value is -2.61. The number of nitrogens with one attached hydrogen (secondary N) is 1. The van der Waals surface area contributed by atoms with Gasteiger partial charge in [0, 0.05) is 39.1 Å². The highest BCUT2D eigenvalue weighted by Crippen LogP contribution is 2.38. The van der Waals surface area contributed by atoms with Crippen molar-refractivity contribution < 1.29 is 19.1 Å². The van der Waals surface area contributed by atoms with E-state index in [0.717, 1.165) is 62.6 Å². The normalized spacial score (nSPS) is 28.1. The summed E-state index contributed by atoms with van der Waals surface area (Å²) in [7, 11) is 0. The molecule has 3 aliphatic heterocycles. The quantitative estimate of drug-likeness (QED) is 0.722. The smallest absolute Gasteiger partial charge is 0.325 e. The maximum absolute atomic E-state index is 13.1. The summed E-state index contributed by atoms with van der Waals surface area (Å²) in [6, 6.07) is 5.97. The van der Waals surface area contributed by atoms with E-state index in [2.05, 4.69) is 28.4 Å². The van der Waals surface area contributed by atoms with Crippen LogP contribution < -0.4 is 10.1 Å². The summed E-state index contributed by atoms with van der Waals surface area (Å²) in [5, 5.41) is 2.93. The summed E-state index contributed by atoms with van der Waals surface area (Å²) in [6.07, 6.45) is 4.56. The van der Waals surface area contributed by atoms with Gasteiger partial charge >= 0.3 is 6.03 Å². The first kappa shape index (κ1) is 21.2. The van der Waals surface area contributed by atoms with Crippen LogP contribution in [0.5, 0.6) is 5.75 Å². The van der Waals surface area contributed by atoms with E-state index in [4.69, 9.17) is 4.74 Å². The molecule has 8 heteroatoms. The van der Waals surface area contributed by atoms with Crippen molar-refractivity contribution in [2.75, 3.05) is 39.3 Å². The lowest BCUT2D eigenvalue weighted by atomic mass is 9.73. The van der Waals surface area contributed by atoms with Gasteiger partial charge in [0.05, 0.1) is 6.61 Å². The van der Waals surface area contributed by atoms with Crippen LogP contribution in [-0.2, 0) is 22.6 Å². The number of rotatable bonds is 4. The highest BCUT2D eigenvalue weighted by atomic mass is 16.5. The second kappa shape index (κ2) is 8.39. The zero-order chi connectivity index (χ0) is 22.3. The number of hydrogen-bond donors (Lipinski definition) is 1. The standard InChI is InChI=1S/C24H32N4O4/c1-17-4-2-3-8-24(17)22(30)28(23(31)25-24)16-21(29)27-11-9-26(10-12-27)15-18-5-6-20-19(14-18)7-13-32-20/h5-6,14,17H,2-4,7-13,15-16H2,1H3,(H,25,31)/t17-,24+/m0/s1. The lowest BCUT2D eigenvalue weighted by Gasteiger charge is -2.37. The van der Waals surface area contributed by atoms with Crippen molar-refractivity contribution in [2.45, 2.75) is 51.1 Å². The van der Waals surface area contributed by atoms with Crippen molar-refractivity contribution in [3.05, 3.63) is 29.3 Å². The molecule has 0 bridgehead atoms. The zero-order valence-corrected chi connectivity index (χ0v) is 18.8. The maximum atomic E-state index is 13.1. The molecule has 0 aromatic heterocycles. The highest BCUT2D eigenvalue weighted by Gasteiger charge is 2.55. The lowest BCUT2D eigenvalue weighted by Crippen LogP contribution is -2.54. The fourth-order valence-electron chi connectivity index (χ4n) is 5.63. The number of benzene rings is 1. The van der Waals surface area contributed by atoms with E-state index in [1.54, 1.807) is 4.90 Å². The molecule has 1 aromatic rings. The van der Waals surface area contributed by atoms with Crippen LogP contribution in [0.1, 0.15) is 43.7 Å². The van der Waals surface area contributed by atoms with E-state index < -0.39 is 11.6 Å². The van der Waals surface area contributed by atoms with E-state index in [1.165, 1.54) is 11.1 Å². The Labute approximate surface area is 188 Å². The number of carbonyl (C=O) groups is 3. The van der Waals surface area contributed by atoms with Crippen molar-refractivity contribution in [3.8, 4) is 5.75 Å². The Morgan fingerprint density at radius 2 is 2.00 bits per heavy atom. The largest absolute Gasteiger partial charge is 0.493 e. The van der Waals surface area contributed by atoms with E-state index in [0.29, 0.717) is 19.5 Å². The first-order chi connectivity index (χ1) is 15.5. The number of fused-ring (bicyclic) bond motifs is 1. The van der Waals surface area contributed by atoms with Crippen LogP contribution in [-0.4, -0.2) is 77.4 Å². The third kappa shape index (κ3) is 3.74. The Bertz CT molecular complexity index is 927. The molecule has 1 spiro atoms. The molecule has 8 nitrogen and oxygen atoms in total. The summed E-state index contributed by atoms with van der Waals surface area (Å²) in [4.78, 5) is 43.9. The molecule has 1 aliphatic carbocycles. The Morgan fingerprint density at radius 1 is 1.19 bits per heavy atom. The van der Waals surface area contributed by atoms with Crippen molar-refractivity contribution in [1.82, 2.24) is 20.0 Å². The molecule has 1 aromatic carbocycles. The fraction of sp³-hybridized carbons (Fsp3) is 0.625. The van der Waals surface area contributed by atoms with Gasteiger partial charge in [0.2, 0.25) is 5.91 Å². The number of urea groups is 1. The van der Waals surface area contributed by atoms with Crippen LogP contribution >= 0.6 is 0 Å². The van der Waals surface area contributed by atoms with Gasteiger partial charge in [0.25, 0.3) is 5.91 Å². The van der Waals surface area contributed by atoms with Gasteiger partial charge in [0.1, 0.15) is 17.8 Å². The number of nitrogens with zero attached hydrogens (tertiary/aromatic N) is 3. The van der Waals surface area contributed by atoms with Crippen LogP contribution in [0.4, 0.5) is 4.79 Å². The van der Waals surface area contributed by atoms with E-state index in [-0.39, 0.29) is 24.3 Å². The molecule has 1 saturated carbocycles. The number of piperazine rings is 1. The monoisotopic (exact) mass is 440 g/mol. The van der Waals surface area contributed by atoms with Gasteiger partial charge in [-0.25, -0.2) is 4.79 Å². The molecule has 0 radical (unpaired) electrons. The Balaban J connectivity index is 1.15. The van der Waals surface area contributed by atoms with Gasteiger partial charge in [-0.1, -0.05) is 31.9 Å². The molecule has 4 aliphatic rings. The molecule has 4 amide bonds. The summed E-state index contributed by atoms with van der Waals surface area (Å²) in [6.45, 7) is 6.25. The lowest BCUT2D eigenvalue weighted by molar-refractivity contribution is -0.141. The molecule has 3 heterocycles. The van der Waals surface area contributed by atoms with Gasteiger partial charge in [-0.05, 0) is 36.0 Å². The molecule has 2 saturated heterocycles. The Kier molecular flexibility index (Phi) is 5.57. The molecule has 0 unspecified atom stereocenters. The molecular formula is C24H32N4O4. The second-order valence-corrected chi connectivity index (χ2v) is 9.64. The molecule has 5 rings (SSSR count). The molecule has 3 fully saturated rings. The fourth-order valence-corrected chi connectivity index (χ4v) is 5.63. The van der Waals surface area contributed by atoms with Crippen molar-refractivity contribution in [3.63, 3.8) is 0 Å². The van der Waals surface area contributed by atoms with Crippen molar-refractivity contribution in [2.24, 2.45) is 5.92 Å². The molecule has 1 N–H and O–H groups in total. The summed E-state index contributed by atoms with van der Waals surface area (Å²) >= 11 is 0. The predicted molar refractivity (Wildman–Crippen MR) is 118 cm³/mol. The first-order valence-electron chi connectivity index (χ1n) is 11.8. The highest BCUT2D eigenvalue weighted by molar-refractivity contribution is 6.09. The van der Waals surface area contributed by atoms with Crippen molar-refractivity contribution >= 4 is 17.8 Å². The maximum Gasteiger partial charge on any atom is 0.325 e. The van der Waals surface area contributed by atoms with E-state index in [1.807, 2.05) is 6.92 Å². The SMILES string of the molecule is C[C@H]1CCCC[C@@]12NC(=O)N(CC(=O)N1CCN(Cc3ccc4c(c3)CCO4)CC1)C2=O. The van der Waals surface area contributed by atoms with Crippen LogP contribution in [0.2, 0.25) is 0 Å². The number of amides is 4. The third-order valence-electron chi connectivity index (χ3n) is 7.68. The van der Waals surface area contributed by atoms with Crippen LogP contribution in [0.15, 0.2) is 18.2 Å². The van der Waals surface area contributed by atoms with Crippen molar-refractivity contribution in [1.29, 1.82) is 0 Å². The number of hydrogen-bond acceptors (Lipinski definition) is 5. The average Bonchev–Trinajstić information content (AvgIpc) is 3.35. The molecular weight excluding hydrogens is 408 g/mol. The third-order valence-corrected chi connectivity index (χ3v) is 7.68. The zero-order valence-electron chi connectivity index (χ0n) is 18.8. The van der Waals surface area contributed by atoms with Gasteiger partial charge in [-0.3, -0.25) is 19.4 Å². The van der Waals surface area contributed by atoms with Gasteiger partial charge in [-0.2, -0.15) is 0 Å². The first-order valence-corrected chi connectivity index (χ1v) is 11.8. The van der Waals surface area contributed by atoms with Gasteiger partial charge < -0.3 is 15.0 Å². The average molecular weight is 441 g/mol. The van der Waals surface area contributed by atoms with Crippen LogP contribution in [0.3, 0.4) is 0 Å². The summed E-state index contributed by atoms with van der Waals surface area (Å²) in [5.74, 6) is 0.724. The predicted octanol–water partition coefficient (Wildman–Crippen LogP) is 1.77. The molecule has 2 atom stereocenters. The summed E-state index contributed by atoms with van der Waals surface area (Å²) in [5.41, 5.74) is 1.73. The van der Waals surface area contributed by atoms with Gasteiger partial charge in [-0.15, -0.1) is 0 Å². The minimum atomic E-state index is -0.810. The molecule has 172 valence electrons. The minimum absolute atomic E-state index is 0.0992. The van der Waals surface area contributed by atoms with E-state index >= 15 is 0 Å². The van der Waals surface area contributed by atoms with Crippen LogP contribution in [0.25, 0.3) is 0 Å². The van der Waals surface area contributed by atoms with Gasteiger partial charge in [0.15, 0.2) is 0 Å².